The molecular weight excluding hydrogens is 232 g/mol. The number of nitrogens with zero attached hydrogens (tertiary/aromatic N) is 2. The number of ether oxygens (including phenoxy) is 1. The second-order valence-electron chi connectivity index (χ2n) is 3.81. The molecule has 0 bridgehead atoms. The maximum absolute atomic E-state index is 11.0. The summed E-state index contributed by atoms with van der Waals surface area (Å²) in [6.45, 7) is 1.78. The van der Waals surface area contributed by atoms with Gasteiger partial charge in [0.2, 0.25) is 5.88 Å². The molecule has 2 rings (SSSR count). The molecule has 0 radical (unpaired) electrons. The third-order valence-electron chi connectivity index (χ3n) is 2.77. The van der Waals surface area contributed by atoms with E-state index in [1.807, 2.05) is 12.1 Å². The van der Waals surface area contributed by atoms with E-state index in [-0.39, 0.29) is 10.9 Å². The maximum Gasteiger partial charge on any atom is 0.213 e. The van der Waals surface area contributed by atoms with E-state index < -0.39 is 0 Å². The van der Waals surface area contributed by atoms with E-state index in [0.29, 0.717) is 11.4 Å². The van der Waals surface area contributed by atoms with E-state index in [0.717, 1.165) is 11.1 Å². The highest BCUT2D eigenvalue weighted by Crippen LogP contribution is 2.30. The van der Waals surface area contributed by atoms with Crippen LogP contribution in [0.3, 0.4) is 0 Å². The van der Waals surface area contributed by atoms with Gasteiger partial charge in [-0.25, -0.2) is 4.98 Å². The largest absolute Gasteiger partial charge is 0.733 e. The molecule has 0 unspecified atom stereocenters. The molecule has 0 aliphatic heterocycles. The molecule has 0 aliphatic rings. The molecule has 0 fully saturated rings. The molecule has 0 amide bonds. The Morgan fingerprint density at radius 3 is 2.78 bits per heavy atom. The van der Waals surface area contributed by atoms with Crippen molar-refractivity contribution in [3.05, 3.63) is 47.3 Å². The Labute approximate surface area is 105 Å². The van der Waals surface area contributed by atoms with E-state index >= 15 is 0 Å². The van der Waals surface area contributed by atoms with E-state index in [2.05, 4.69) is 4.98 Å². The molecule has 1 aromatic heterocycles. The summed E-state index contributed by atoms with van der Waals surface area (Å²) in [5.41, 5.74) is 2.65. The first kappa shape index (κ1) is 12.3. The molecule has 0 saturated heterocycles. The van der Waals surface area contributed by atoms with Crippen LogP contribution in [0.2, 0.25) is 0 Å². The highest BCUT2D eigenvalue weighted by atomic mass is 16.8. The van der Waals surface area contributed by atoms with Gasteiger partial charge in [0.25, 0.3) is 0 Å². The van der Waals surface area contributed by atoms with Gasteiger partial charge in [0.15, 0.2) is 0 Å². The van der Waals surface area contributed by atoms with Crippen molar-refractivity contribution in [2.75, 3.05) is 12.3 Å². The highest BCUT2D eigenvalue weighted by molar-refractivity contribution is 5.74. The first-order chi connectivity index (χ1) is 8.63. The second-order valence-corrected chi connectivity index (χ2v) is 3.81. The lowest BCUT2D eigenvalue weighted by atomic mass is 10.0. The summed E-state index contributed by atoms with van der Waals surface area (Å²) >= 11 is 0. The normalized spacial score (nSPS) is 10.2. The van der Waals surface area contributed by atoms with Crippen LogP contribution in [0, 0.1) is 12.1 Å². The zero-order valence-electron chi connectivity index (χ0n) is 10.1. The van der Waals surface area contributed by atoms with Crippen LogP contribution in [0.25, 0.3) is 11.1 Å². The summed E-state index contributed by atoms with van der Waals surface area (Å²) < 4.78 is 5.06. The fourth-order valence-electron chi connectivity index (χ4n) is 1.83. The van der Waals surface area contributed by atoms with Crippen molar-refractivity contribution in [3.63, 3.8) is 0 Å². The van der Waals surface area contributed by atoms with Gasteiger partial charge in [-0.2, -0.15) is 0 Å². The average molecular weight is 245 g/mol. The Kier molecular flexibility index (Phi) is 3.45. The molecule has 1 N–H and O–H groups in total. The summed E-state index contributed by atoms with van der Waals surface area (Å²) in [7, 11) is 1.54. The third kappa shape index (κ3) is 2.27. The van der Waals surface area contributed by atoms with Crippen LogP contribution >= 0.6 is 0 Å². The van der Waals surface area contributed by atoms with Gasteiger partial charge >= 0.3 is 0 Å². The molecule has 2 aromatic rings. The van der Waals surface area contributed by atoms with Crippen LogP contribution in [0.4, 0.5) is 5.69 Å². The van der Waals surface area contributed by atoms with Crippen molar-refractivity contribution in [1.82, 2.24) is 4.98 Å². The first-order valence-corrected chi connectivity index (χ1v) is 5.39. The molecule has 94 valence electrons. The SMILES string of the molecule is COc1cc(-c2cccc(N([O-])O)c2C)ccn1. The molecular formula is C13H13N2O3-. The smallest absolute Gasteiger partial charge is 0.213 e. The van der Waals surface area contributed by atoms with Crippen molar-refractivity contribution in [2.24, 2.45) is 0 Å². The molecule has 0 spiro atoms. The zero-order valence-corrected chi connectivity index (χ0v) is 10.1. The number of hydrogen-bond donors (Lipinski definition) is 1. The molecule has 0 saturated carbocycles. The first-order valence-electron chi connectivity index (χ1n) is 5.39. The van der Waals surface area contributed by atoms with E-state index in [4.69, 9.17) is 9.94 Å². The van der Waals surface area contributed by atoms with Crippen LogP contribution in [-0.4, -0.2) is 17.3 Å². The van der Waals surface area contributed by atoms with Crippen molar-refractivity contribution in [3.8, 4) is 17.0 Å². The lowest BCUT2D eigenvalue weighted by Gasteiger charge is -2.25. The number of benzene rings is 1. The van der Waals surface area contributed by atoms with Crippen LogP contribution in [0.1, 0.15) is 5.56 Å². The van der Waals surface area contributed by atoms with Gasteiger partial charge in [0.05, 0.1) is 12.8 Å². The van der Waals surface area contributed by atoms with Gasteiger partial charge in [0.1, 0.15) is 0 Å². The Morgan fingerprint density at radius 1 is 1.33 bits per heavy atom. The van der Waals surface area contributed by atoms with Gasteiger partial charge in [-0.15, -0.1) is 0 Å². The topological polar surface area (TPSA) is 68.7 Å². The molecule has 0 atom stereocenters. The monoisotopic (exact) mass is 245 g/mol. The van der Waals surface area contributed by atoms with Crippen LogP contribution < -0.4 is 9.96 Å². The molecule has 0 aliphatic carbocycles. The third-order valence-corrected chi connectivity index (χ3v) is 2.77. The van der Waals surface area contributed by atoms with Crippen LogP contribution in [0.15, 0.2) is 36.5 Å². The fraction of sp³-hybridized carbons (Fsp3) is 0.154. The van der Waals surface area contributed by atoms with E-state index in [1.165, 1.54) is 0 Å². The fourth-order valence-corrected chi connectivity index (χ4v) is 1.83. The molecule has 5 heteroatoms. The Balaban J connectivity index is 2.53. The standard InChI is InChI=1S/C13H13N2O3/c1-9-11(4-3-5-12(9)15(16)17)10-6-7-14-13(8-10)18-2/h3-8,16H,1-2H3/q-1. The molecule has 1 heterocycles. The Bertz CT molecular complexity index is 556. The minimum atomic E-state index is -0.128. The predicted molar refractivity (Wildman–Crippen MR) is 68.6 cm³/mol. The summed E-state index contributed by atoms with van der Waals surface area (Å²) in [5, 5.41) is 19.9. The van der Waals surface area contributed by atoms with Gasteiger partial charge in [-0.3, -0.25) is 5.21 Å². The van der Waals surface area contributed by atoms with Gasteiger partial charge < -0.3 is 15.2 Å². The molecule has 18 heavy (non-hydrogen) atoms. The maximum atomic E-state index is 11.0. The van der Waals surface area contributed by atoms with Crippen molar-refractivity contribution >= 4 is 5.69 Å². The number of hydrogen-bond acceptors (Lipinski definition) is 5. The number of pyridine rings is 1. The summed E-state index contributed by atoms with van der Waals surface area (Å²) in [6.07, 6.45) is 1.63. The summed E-state index contributed by atoms with van der Waals surface area (Å²) in [5.74, 6) is 0.500. The van der Waals surface area contributed by atoms with Crippen LogP contribution in [0.5, 0.6) is 5.88 Å². The average Bonchev–Trinajstić information content (AvgIpc) is 2.38. The van der Waals surface area contributed by atoms with Crippen LogP contribution in [-0.2, 0) is 0 Å². The number of methoxy groups -OCH3 is 1. The molecule has 1 aromatic carbocycles. The zero-order chi connectivity index (χ0) is 13.1. The highest BCUT2D eigenvalue weighted by Gasteiger charge is 2.07. The van der Waals surface area contributed by atoms with Crippen molar-refractivity contribution in [2.45, 2.75) is 6.92 Å². The summed E-state index contributed by atoms with van der Waals surface area (Å²) in [4.78, 5) is 4.03. The van der Waals surface area contributed by atoms with E-state index in [1.54, 1.807) is 38.4 Å². The minimum absolute atomic E-state index is 0.128. The predicted octanol–water partition coefficient (Wildman–Crippen LogP) is 2.76. The number of anilines is 1. The lowest BCUT2D eigenvalue weighted by molar-refractivity contribution is 0.296. The van der Waals surface area contributed by atoms with Crippen molar-refractivity contribution in [1.29, 1.82) is 0 Å². The lowest BCUT2D eigenvalue weighted by Crippen LogP contribution is -2.09. The minimum Gasteiger partial charge on any atom is -0.733 e. The van der Waals surface area contributed by atoms with Crippen molar-refractivity contribution < 1.29 is 9.94 Å². The number of aromatic nitrogens is 1. The van der Waals surface area contributed by atoms with E-state index in [9.17, 15) is 5.21 Å². The van der Waals surface area contributed by atoms with Gasteiger partial charge in [0, 0.05) is 12.3 Å². The Hall–Kier alpha value is -2.11. The number of rotatable bonds is 3. The van der Waals surface area contributed by atoms with Gasteiger partial charge in [-0.05, 0) is 35.7 Å². The van der Waals surface area contributed by atoms with Gasteiger partial charge in [-0.1, -0.05) is 12.1 Å². The quantitative estimate of drug-likeness (QED) is 0.842. The summed E-state index contributed by atoms with van der Waals surface area (Å²) in [6, 6.07) is 8.74. The molecule has 5 nitrogen and oxygen atoms in total. The second kappa shape index (κ2) is 5.03. The Morgan fingerprint density at radius 2 is 2.11 bits per heavy atom.